The molecule has 0 spiro atoms. The summed E-state index contributed by atoms with van der Waals surface area (Å²) in [5, 5.41) is 3.31. The Hall–Kier alpha value is -1.94. The van der Waals surface area contributed by atoms with Gasteiger partial charge < -0.3 is 10.1 Å². The second kappa shape index (κ2) is 5.36. The number of rotatable bonds is 3. The van der Waals surface area contributed by atoms with Crippen molar-refractivity contribution in [2.24, 2.45) is 0 Å². The zero-order chi connectivity index (χ0) is 13.1. The van der Waals surface area contributed by atoms with Gasteiger partial charge in [0.05, 0.1) is 18.9 Å². The highest BCUT2D eigenvalue weighted by molar-refractivity contribution is 5.60. The van der Waals surface area contributed by atoms with Crippen LogP contribution in [0.15, 0.2) is 30.3 Å². The second-order valence-corrected chi connectivity index (χ2v) is 4.52. The summed E-state index contributed by atoms with van der Waals surface area (Å²) in [7, 11) is 0. The van der Waals surface area contributed by atoms with Crippen molar-refractivity contribution in [1.29, 1.82) is 0 Å². The van der Waals surface area contributed by atoms with Crippen LogP contribution in [0.5, 0.6) is 0 Å². The van der Waals surface area contributed by atoms with Gasteiger partial charge >= 0.3 is 0 Å². The van der Waals surface area contributed by atoms with Crippen LogP contribution in [0.25, 0.3) is 11.4 Å². The fourth-order valence-electron chi connectivity index (χ4n) is 2.26. The molecule has 1 aliphatic heterocycles. The molecule has 98 valence electrons. The number of nitrogens with zero attached hydrogens (tertiary/aromatic N) is 2. The van der Waals surface area contributed by atoms with Crippen molar-refractivity contribution in [2.75, 3.05) is 18.5 Å². The molecule has 1 N–H and O–H groups in total. The van der Waals surface area contributed by atoms with E-state index in [0.717, 1.165) is 48.0 Å². The first-order valence-electron chi connectivity index (χ1n) is 6.65. The molecule has 2 aromatic rings. The molecule has 19 heavy (non-hydrogen) atoms. The molecule has 0 fully saturated rings. The van der Waals surface area contributed by atoms with Crippen LogP contribution in [-0.2, 0) is 17.8 Å². The van der Waals surface area contributed by atoms with Crippen LogP contribution in [0.3, 0.4) is 0 Å². The number of anilines is 1. The molecule has 0 radical (unpaired) electrons. The third-order valence-corrected chi connectivity index (χ3v) is 3.20. The van der Waals surface area contributed by atoms with E-state index < -0.39 is 0 Å². The fraction of sp³-hybridized carbons (Fsp3) is 0.333. The third kappa shape index (κ3) is 2.44. The maximum atomic E-state index is 5.51. The molecule has 0 saturated carbocycles. The average Bonchev–Trinajstić information content (AvgIpc) is 2.48. The van der Waals surface area contributed by atoms with Gasteiger partial charge in [0.1, 0.15) is 5.82 Å². The Morgan fingerprint density at radius 2 is 2.05 bits per heavy atom. The number of ether oxygens (including phenoxy) is 1. The molecule has 2 heterocycles. The van der Waals surface area contributed by atoms with Crippen LogP contribution >= 0.6 is 0 Å². The maximum Gasteiger partial charge on any atom is 0.161 e. The minimum atomic E-state index is 0.604. The van der Waals surface area contributed by atoms with Gasteiger partial charge in [-0.25, -0.2) is 9.97 Å². The summed E-state index contributed by atoms with van der Waals surface area (Å²) < 4.78 is 5.51. The minimum absolute atomic E-state index is 0.604. The minimum Gasteiger partial charge on any atom is -0.376 e. The molecule has 1 aliphatic rings. The lowest BCUT2D eigenvalue weighted by molar-refractivity contribution is 0.109. The van der Waals surface area contributed by atoms with Gasteiger partial charge in [-0.05, 0) is 6.92 Å². The summed E-state index contributed by atoms with van der Waals surface area (Å²) in [6.07, 6.45) is 0.857. The van der Waals surface area contributed by atoms with Gasteiger partial charge in [-0.3, -0.25) is 0 Å². The van der Waals surface area contributed by atoms with Gasteiger partial charge in [-0.1, -0.05) is 30.3 Å². The topological polar surface area (TPSA) is 47.0 Å². The Balaban J connectivity index is 2.09. The van der Waals surface area contributed by atoms with E-state index in [1.807, 2.05) is 30.3 Å². The molecule has 0 unspecified atom stereocenters. The zero-order valence-corrected chi connectivity index (χ0v) is 11.0. The van der Waals surface area contributed by atoms with Crippen LogP contribution in [0.1, 0.15) is 18.2 Å². The summed E-state index contributed by atoms with van der Waals surface area (Å²) in [5.74, 6) is 1.70. The van der Waals surface area contributed by atoms with Gasteiger partial charge in [-0.2, -0.15) is 0 Å². The highest BCUT2D eigenvalue weighted by Gasteiger charge is 2.18. The number of aromatic nitrogens is 2. The van der Waals surface area contributed by atoms with Crippen molar-refractivity contribution in [1.82, 2.24) is 9.97 Å². The number of fused-ring (bicyclic) bond motifs is 1. The van der Waals surface area contributed by atoms with Crippen LogP contribution < -0.4 is 5.32 Å². The van der Waals surface area contributed by atoms with Crippen LogP contribution in [0.2, 0.25) is 0 Å². The molecule has 0 bridgehead atoms. The Bertz CT molecular complexity index is 569. The third-order valence-electron chi connectivity index (χ3n) is 3.20. The summed E-state index contributed by atoms with van der Waals surface area (Å²) in [6, 6.07) is 10.1. The predicted octanol–water partition coefficient (Wildman–Crippen LogP) is 2.65. The standard InChI is InChI=1S/C15H17N3O/c1-2-16-15-12-10-19-9-8-13(12)17-14(18-15)11-6-4-3-5-7-11/h3-7H,2,8-10H2,1H3,(H,16,17,18). The number of benzene rings is 1. The molecule has 3 rings (SSSR count). The molecular weight excluding hydrogens is 238 g/mol. The lowest BCUT2D eigenvalue weighted by Crippen LogP contribution is -2.17. The van der Waals surface area contributed by atoms with Gasteiger partial charge in [0.15, 0.2) is 5.82 Å². The smallest absolute Gasteiger partial charge is 0.161 e. The largest absolute Gasteiger partial charge is 0.376 e. The lowest BCUT2D eigenvalue weighted by Gasteiger charge is -2.19. The van der Waals surface area contributed by atoms with Crippen molar-refractivity contribution in [2.45, 2.75) is 20.0 Å². The Labute approximate surface area is 112 Å². The SMILES string of the molecule is CCNc1nc(-c2ccccc2)nc2c1COCC2. The lowest BCUT2D eigenvalue weighted by atomic mass is 10.1. The van der Waals surface area contributed by atoms with E-state index in [0.29, 0.717) is 6.61 Å². The van der Waals surface area contributed by atoms with Crippen molar-refractivity contribution in [3.63, 3.8) is 0 Å². The van der Waals surface area contributed by atoms with E-state index in [9.17, 15) is 0 Å². The molecule has 4 heteroatoms. The Morgan fingerprint density at radius 1 is 1.21 bits per heavy atom. The van der Waals surface area contributed by atoms with Gasteiger partial charge in [0.2, 0.25) is 0 Å². The number of hydrogen-bond acceptors (Lipinski definition) is 4. The first-order chi connectivity index (χ1) is 9.38. The van der Waals surface area contributed by atoms with E-state index in [1.165, 1.54) is 0 Å². The van der Waals surface area contributed by atoms with Crippen molar-refractivity contribution >= 4 is 5.82 Å². The van der Waals surface area contributed by atoms with Gasteiger partial charge in [-0.15, -0.1) is 0 Å². The van der Waals surface area contributed by atoms with E-state index >= 15 is 0 Å². The summed E-state index contributed by atoms with van der Waals surface area (Å²) in [4.78, 5) is 9.34. The fourth-order valence-corrected chi connectivity index (χ4v) is 2.26. The summed E-state index contributed by atoms with van der Waals surface area (Å²) in [6.45, 7) is 4.26. The first kappa shape index (κ1) is 12.1. The van der Waals surface area contributed by atoms with E-state index in [-0.39, 0.29) is 0 Å². The monoisotopic (exact) mass is 255 g/mol. The van der Waals surface area contributed by atoms with Crippen molar-refractivity contribution < 1.29 is 4.74 Å². The highest BCUT2D eigenvalue weighted by atomic mass is 16.5. The molecule has 4 nitrogen and oxygen atoms in total. The summed E-state index contributed by atoms with van der Waals surface area (Å²) in [5.41, 5.74) is 3.26. The zero-order valence-electron chi connectivity index (χ0n) is 11.0. The molecule has 0 saturated heterocycles. The van der Waals surface area contributed by atoms with Crippen LogP contribution in [0.4, 0.5) is 5.82 Å². The van der Waals surface area contributed by atoms with Gasteiger partial charge in [0.25, 0.3) is 0 Å². The quantitative estimate of drug-likeness (QED) is 0.916. The van der Waals surface area contributed by atoms with E-state index in [1.54, 1.807) is 0 Å². The Morgan fingerprint density at radius 3 is 2.84 bits per heavy atom. The number of nitrogens with one attached hydrogen (secondary N) is 1. The highest BCUT2D eigenvalue weighted by Crippen LogP contribution is 2.25. The molecule has 0 atom stereocenters. The van der Waals surface area contributed by atoms with Crippen molar-refractivity contribution in [3.05, 3.63) is 41.6 Å². The van der Waals surface area contributed by atoms with Crippen LogP contribution in [0, 0.1) is 0 Å². The first-order valence-corrected chi connectivity index (χ1v) is 6.65. The van der Waals surface area contributed by atoms with Crippen molar-refractivity contribution in [3.8, 4) is 11.4 Å². The number of hydrogen-bond donors (Lipinski definition) is 1. The second-order valence-electron chi connectivity index (χ2n) is 4.52. The Kier molecular flexibility index (Phi) is 3.42. The van der Waals surface area contributed by atoms with E-state index in [2.05, 4.69) is 17.2 Å². The van der Waals surface area contributed by atoms with Gasteiger partial charge in [0, 0.05) is 24.1 Å². The predicted molar refractivity (Wildman–Crippen MR) is 75.0 cm³/mol. The maximum absolute atomic E-state index is 5.51. The van der Waals surface area contributed by atoms with E-state index in [4.69, 9.17) is 9.72 Å². The summed E-state index contributed by atoms with van der Waals surface area (Å²) >= 11 is 0. The molecule has 0 aliphatic carbocycles. The average molecular weight is 255 g/mol. The molecular formula is C15H17N3O. The van der Waals surface area contributed by atoms with Crippen LogP contribution in [-0.4, -0.2) is 23.1 Å². The molecule has 1 aromatic carbocycles. The molecule has 1 aromatic heterocycles. The molecule has 0 amide bonds. The normalized spacial score (nSPS) is 13.9.